The van der Waals surface area contributed by atoms with Gasteiger partial charge in [0.15, 0.2) is 0 Å². The van der Waals surface area contributed by atoms with Crippen LogP contribution < -0.4 is 15.2 Å². The molecule has 2 N–H and O–H groups in total. The number of rotatable bonds is 7. The average molecular weight is 242 g/mol. The third kappa shape index (κ3) is 4.81. The van der Waals surface area contributed by atoms with Gasteiger partial charge in [0.2, 0.25) is 5.95 Å². The summed E-state index contributed by atoms with van der Waals surface area (Å²) in [4.78, 5) is 11.7. The van der Waals surface area contributed by atoms with E-state index in [2.05, 4.69) is 15.0 Å². The number of methoxy groups -OCH3 is 1. The van der Waals surface area contributed by atoms with Gasteiger partial charge in [0.25, 0.3) is 0 Å². The van der Waals surface area contributed by atoms with Gasteiger partial charge < -0.3 is 19.9 Å². The Hall–Kier alpha value is -1.63. The lowest BCUT2D eigenvalue weighted by molar-refractivity contribution is 0.0846. The van der Waals surface area contributed by atoms with Crippen LogP contribution in [0.2, 0.25) is 0 Å². The summed E-state index contributed by atoms with van der Waals surface area (Å²) in [6.45, 7) is 4.80. The van der Waals surface area contributed by atoms with Gasteiger partial charge in [-0.3, -0.25) is 0 Å². The Morgan fingerprint density at radius 3 is 2.59 bits per heavy atom. The summed E-state index contributed by atoms with van der Waals surface area (Å²) in [7, 11) is 1.59. The second-order valence-electron chi connectivity index (χ2n) is 3.49. The average Bonchev–Trinajstić information content (AvgIpc) is 2.25. The molecule has 1 aromatic rings. The molecule has 7 nitrogen and oxygen atoms in total. The molecule has 0 radical (unpaired) electrons. The van der Waals surface area contributed by atoms with Gasteiger partial charge in [0.05, 0.1) is 13.2 Å². The maximum Gasteiger partial charge on any atom is 0.324 e. The Balaban J connectivity index is 2.67. The molecule has 17 heavy (non-hydrogen) atoms. The van der Waals surface area contributed by atoms with Crippen molar-refractivity contribution >= 4 is 5.95 Å². The maximum atomic E-state index is 5.53. The molecule has 1 aromatic heterocycles. The molecule has 0 saturated carbocycles. The molecule has 0 fully saturated rings. The van der Waals surface area contributed by atoms with Crippen LogP contribution in [-0.4, -0.2) is 41.4 Å². The number of nitrogens with zero attached hydrogens (tertiary/aromatic N) is 3. The monoisotopic (exact) mass is 242 g/mol. The SMILES string of the molecule is CCCOc1nc(N)nc(OC(C)COC)n1. The summed E-state index contributed by atoms with van der Waals surface area (Å²) in [5.74, 6) is 0.0747. The number of ether oxygens (including phenoxy) is 3. The Morgan fingerprint density at radius 1 is 1.24 bits per heavy atom. The van der Waals surface area contributed by atoms with Crippen molar-refractivity contribution in [3.05, 3.63) is 0 Å². The minimum absolute atomic E-state index is 0.0747. The molecule has 1 unspecified atom stereocenters. The van der Waals surface area contributed by atoms with Crippen LogP contribution in [0.3, 0.4) is 0 Å². The van der Waals surface area contributed by atoms with Gasteiger partial charge in [-0.25, -0.2) is 0 Å². The van der Waals surface area contributed by atoms with Crippen LogP contribution in [0.5, 0.6) is 12.0 Å². The molecule has 0 bridgehead atoms. The minimum atomic E-state index is -0.166. The molecular weight excluding hydrogens is 224 g/mol. The van der Waals surface area contributed by atoms with Gasteiger partial charge in [-0.2, -0.15) is 9.97 Å². The fourth-order valence-electron chi connectivity index (χ4n) is 1.11. The first-order chi connectivity index (χ1) is 8.15. The van der Waals surface area contributed by atoms with E-state index in [0.29, 0.717) is 13.2 Å². The van der Waals surface area contributed by atoms with Gasteiger partial charge >= 0.3 is 12.0 Å². The zero-order valence-corrected chi connectivity index (χ0v) is 10.3. The van der Waals surface area contributed by atoms with E-state index in [0.717, 1.165) is 6.42 Å². The van der Waals surface area contributed by atoms with Crippen molar-refractivity contribution in [2.24, 2.45) is 0 Å². The highest BCUT2D eigenvalue weighted by Gasteiger charge is 2.10. The predicted octanol–water partition coefficient (Wildman–Crippen LogP) is 0.656. The highest BCUT2D eigenvalue weighted by Crippen LogP contribution is 2.12. The summed E-state index contributed by atoms with van der Waals surface area (Å²) in [6, 6.07) is 0.326. The first kappa shape index (κ1) is 13.4. The second kappa shape index (κ2) is 6.85. The molecule has 0 aliphatic heterocycles. The summed E-state index contributed by atoms with van der Waals surface area (Å²) < 4.78 is 15.6. The quantitative estimate of drug-likeness (QED) is 0.750. The molecule has 0 aromatic carbocycles. The molecule has 0 spiro atoms. The highest BCUT2D eigenvalue weighted by atomic mass is 16.5. The zero-order valence-electron chi connectivity index (χ0n) is 10.3. The van der Waals surface area contributed by atoms with Crippen molar-refractivity contribution < 1.29 is 14.2 Å². The molecule has 7 heteroatoms. The smallest absolute Gasteiger partial charge is 0.324 e. The van der Waals surface area contributed by atoms with Gasteiger partial charge in [-0.15, -0.1) is 4.98 Å². The molecule has 96 valence electrons. The van der Waals surface area contributed by atoms with Crippen LogP contribution >= 0.6 is 0 Å². The molecule has 0 saturated heterocycles. The van der Waals surface area contributed by atoms with Crippen molar-refractivity contribution in [1.82, 2.24) is 15.0 Å². The van der Waals surface area contributed by atoms with E-state index in [4.69, 9.17) is 19.9 Å². The van der Waals surface area contributed by atoms with Crippen LogP contribution in [0.4, 0.5) is 5.95 Å². The van der Waals surface area contributed by atoms with E-state index in [1.54, 1.807) is 7.11 Å². The Labute approximate surface area is 100 Å². The van der Waals surface area contributed by atoms with E-state index in [1.807, 2.05) is 13.8 Å². The number of aromatic nitrogens is 3. The maximum absolute atomic E-state index is 5.53. The molecular formula is C10H18N4O3. The van der Waals surface area contributed by atoms with Crippen LogP contribution in [0.25, 0.3) is 0 Å². The Morgan fingerprint density at radius 2 is 1.94 bits per heavy atom. The number of hydrogen-bond donors (Lipinski definition) is 1. The van der Waals surface area contributed by atoms with Gasteiger partial charge in [0, 0.05) is 7.11 Å². The van der Waals surface area contributed by atoms with E-state index >= 15 is 0 Å². The van der Waals surface area contributed by atoms with Gasteiger partial charge in [-0.05, 0) is 13.3 Å². The lowest BCUT2D eigenvalue weighted by Gasteiger charge is -2.12. The largest absolute Gasteiger partial charge is 0.463 e. The summed E-state index contributed by atoms with van der Waals surface area (Å²) in [5, 5.41) is 0. The van der Waals surface area contributed by atoms with Crippen molar-refractivity contribution in [2.45, 2.75) is 26.4 Å². The Bertz CT molecular complexity index is 348. The molecule has 1 rings (SSSR count). The van der Waals surface area contributed by atoms with Crippen LogP contribution in [0.15, 0.2) is 0 Å². The summed E-state index contributed by atoms with van der Waals surface area (Å²) in [6.07, 6.45) is 0.697. The van der Waals surface area contributed by atoms with E-state index in [9.17, 15) is 0 Å². The third-order valence-corrected chi connectivity index (χ3v) is 1.75. The van der Waals surface area contributed by atoms with Crippen LogP contribution in [-0.2, 0) is 4.74 Å². The van der Waals surface area contributed by atoms with E-state index in [-0.39, 0.29) is 24.1 Å². The normalized spacial score (nSPS) is 12.2. The van der Waals surface area contributed by atoms with Crippen LogP contribution in [0.1, 0.15) is 20.3 Å². The summed E-state index contributed by atoms with van der Waals surface area (Å²) in [5.41, 5.74) is 5.53. The fourth-order valence-corrected chi connectivity index (χ4v) is 1.11. The van der Waals surface area contributed by atoms with Crippen molar-refractivity contribution in [1.29, 1.82) is 0 Å². The molecule has 0 aliphatic carbocycles. The van der Waals surface area contributed by atoms with Crippen LogP contribution in [0, 0.1) is 0 Å². The van der Waals surface area contributed by atoms with Crippen molar-refractivity contribution in [3.63, 3.8) is 0 Å². The minimum Gasteiger partial charge on any atom is -0.463 e. The molecule has 0 aliphatic rings. The topological polar surface area (TPSA) is 92.4 Å². The standard InChI is InChI=1S/C10H18N4O3/c1-4-5-16-9-12-8(11)13-10(14-9)17-7(2)6-15-3/h7H,4-6H2,1-3H3,(H2,11,12,13,14). The zero-order chi connectivity index (χ0) is 12.7. The predicted molar refractivity (Wildman–Crippen MR) is 62.0 cm³/mol. The second-order valence-corrected chi connectivity index (χ2v) is 3.49. The lowest BCUT2D eigenvalue weighted by atomic mass is 10.4. The molecule has 1 heterocycles. The molecule has 1 atom stereocenters. The fraction of sp³-hybridized carbons (Fsp3) is 0.700. The Kier molecular flexibility index (Phi) is 5.41. The summed E-state index contributed by atoms with van der Waals surface area (Å²) >= 11 is 0. The number of anilines is 1. The first-order valence-electron chi connectivity index (χ1n) is 5.45. The number of hydrogen-bond acceptors (Lipinski definition) is 7. The van der Waals surface area contributed by atoms with Crippen molar-refractivity contribution in [2.75, 3.05) is 26.1 Å². The van der Waals surface area contributed by atoms with E-state index in [1.165, 1.54) is 0 Å². The number of nitrogens with two attached hydrogens (primary N) is 1. The van der Waals surface area contributed by atoms with E-state index < -0.39 is 0 Å². The first-order valence-corrected chi connectivity index (χ1v) is 5.45. The lowest BCUT2D eigenvalue weighted by Crippen LogP contribution is -2.20. The molecule has 0 amide bonds. The van der Waals surface area contributed by atoms with Gasteiger partial charge in [0.1, 0.15) is 6.10 Å². The highest BCUT2D eigenvalue weighted by molar-refractivity contribution is 5.20. The van der Waals surface area contributed by atoms with Crippen molar-refractivity contribution in [3.8, 4) is 12.0 Å². The van der Waals surface area contributed by atoms with Gasteiger partial charge in [-0.1, -0.05) is 6.92 Å². The number of nitrogen functional groups attached to an aromatic ring is 1. The third-order valence-electron chi connectivity index (χ3n) is 1.75.